The summed E-state index contributed by atoms with van der Waals surface area (Å²) in [6, 6.07) is 0. The highest BCUT2D eigenvalue weighted by molar-refractivity contribution is 5.81. The molecule has 3 heteroatoms. The van der Waals surface area contributed by atoms with Crippen molar-refractivity contribution in [2.24, 2.45) is 17.8 Å². The number of hydrogen-bond donors (Lipinski definition) is 0. The molecule has 0 aliphatic heterocycles. The molecule has 0 N–H and O–H groups in total. The van der Waals surface area contributed by atoms with Gasteiger partial charge in [0.05, 0.1) is 6.61 Å². The molecule has 1 fully saturated rings. The maximum atomic E-state index is 12.0. The molecule has 0 bridgehead atoms. The number of ether oxygens (including phenoxy) is 1. The van der Waals surface area contributed by atoms with Crippen molar-refractivity contribution in [3.05, 3.63) is 0 Å². The van der Waals surface area contributed by atoms with Crippen LogP contribution in [0.25, 0.3) is 0 Å². The first-order valence-corrected chi connectivity index (χ1v) is 6.70. The summed E-state index contributed by atoms with van der Waals surface area (Å²) >= 11 is 0. The van der Waals surface area contributed by atoms with Crippen LogP contribution in [0.4, 0.5) is 0 Å². The first-order chi connectivity index (χ1) is 8.04. The van der Waals surface area contributed by atoms with E-state index >= 15 is 0 Å². The van der Waals surface area contributed by atoms with Crippen LogP contribution in [0.2, 0.25) is 0 Å². The lowest BCUT2D eigenvalue weighted by Crippen LogP contribution is -2.33. The standard InChI is InChI=1S/C14H24O3/c1-4-5-14(16)13-7-6-10(2)8-12(13)9-17-11(3)15/h10,12-13H,4-9H2,1-3H3. The zero-order valence-electron chi connectivity index (χ0n) is 11.2. The number of hydrogen-bond acceptors (Lipinski definition) is 3. The minimum Gasteiger partial charge on any atom is -0.466 e. The third-order valence-corrected chi connectivity index (χ3v) is 3.66. The van der Waals surface area contributed by atoms with Crippen LogP contribution < -0.4 is 0 Å². The van der Waals surface area contributed by atoms with Gasteiger partial charge >= 0.3 is 5.97 Å². The van der Waals surface area contributed by atoms with Crippen LogP contribution in [0.3, 0.4) is 0 Å². The minimum atomic E-state index is -0.245. The molecule has 1 aliphatic rings. The minimum absolute atomic E-state index is 0.116. The number of carbonyl (C=O) groups excluding carboxylic acids is 2. The van der Waals surface area contributed by atoms with Crippen LogP contribution in [0, 0.1) is 17.8 Å². The van der Waals surface area contributed by atoms with Crippen molar-refractivity contribution in [2.45, 2.75) is 52.9 Å². The van der Waals surface area contributed by atoms with Gasteiger partial charge in [0, 0.05) is 25.2 Å². The highest BCUT2D eigenvalue weighted by atomic mass is 16.5. The first kappa shape index (κ1) is 14.2. The van der Waals surface area contributed by atoms with E-state index in [1.54, 1.807) is 0 Å². The van der Waals surface area contributed by atoms with Gasteiger partial charge in [-0.15, -0.1) is 0 Å². The lowest BCUT2D eigenvalue weighted by molar-refractivity contribution is -0.145. The predicted octanol–water partition coefficient (Wildman–Crippen LogP) is 2.97. The van der Waals surface area contributed by atoms with E-state index in [1.165, 1.54) is 6.92 Å². The van der Waals surface area contributed by atoms with Gasteiger partial charge in [0.25, 0.3) is 0 Å². The summed E-state index contributed by atoms with van der Waals surface area (Å²) in [5.74, 6) is 1.11. The Kier molecular flexibility index (Phi) is 5.66. The van der Waals surface area contributed by atoms with Crippen molar-refractivity contribution in [1.82, 2.24) is 0 Å². The van der Waals surface area contributed by atoms with Crippen molar-refractivity contribution in [3.8, 4) is 0 Å². The van der Waals surface area contributed by atoms with Crippen LogP contribution in [0.15, 0.2) is 0 Å². The zero-order valence-corrected chi connectivity index (χ0v) is 11.2. The van der Waals surface area contributed by atoms with E-state index in [1.807, 2.05) is 6.92 Å². The Morgan fingerprint density at radius 1 is 1.29 bits per heavy atom. The van der Waals surface area contributed by atoms with Crippen molar-refractivity contribution >= 4 is 11.8 Å². The van der Waals surface area contributed by atoms with Gasteiger partial charge in [0.15, 0.2) is 0 Å². The van der Waals surface area contributed by atoms with Gasteiger partial charge in [-0.25, -0.2) is 0 Å². The van der Waals surface area contributed by atoms with Gasteiger partial charge in [-0.05, 0) is 31.6 Å². The number of esters is 1. The van der Waals surface area contributed by atoms with E-state index in [0.29, 0.717) is 24.7 Å². The molecule has 1 rings (SSSR count). The average molecular weight is 240 g/mol. The van der Waals surface area contributed by atoms with Crippen LogP contribution in [-0.4, -0.2) is 18.4 Å². The molecule has 0 aromatic carbocycles. The van der Waals surface area contributed by atoms with Gasteiger partial charge in [-0.2, -0.15) is 0 Å². The van der Waals surface area contributed by atoms with E-state index in [0.717, 1.165) is 25.7 Å². The molecule has 1 saturated carbocycles. The van der Waals surface area contributed by atoms with Crippen molar-refractivity contribution in [1.29, 1.82) is 0 Å². The largest absolute Gasteiger partial charge is 0.466 e. The third-order valence-electron chi connectivity index (χ3n) is 3.66. The predicted molar refractivity (Wildman–Crippen MR) is 66.5 cm³/mol. The fourth-order valence-corrected chi connectivity index (χ4v) is 2.76. The SMILES string of the molecule is CCCC(=O)C1CCC(C)CC1COC(C)=O. The molecule has 17 heavy (non-hydrogen) atoms. The van der Waals surface area contributed by atoms with Crippen molar-refractivity contribution in [2.75, 3.05) is 6.61 Å². The quantitative estimate of drug-likeness (QED) is 0.694. The Morgan fingerprint density at radius 2 is 2.00 bits per heavy atom. The maximum Gasteiger partial charge on any atom is 0.302 e. The van der Waals surface area contributed by atoms with E-state index in [9.17, 15) is 9.59 Å². The van der Waals surface area contributed by atoms with Crippen LogP contribution in [0.5, 0.6) is 0 Å². The summed E-state index contributed by atoms with van der Waals surface area (Å²) < 4.78 is 5.10. The van der Waals surface area contributed by atoms with Crippen LogP contribution in [0.1, 0.15) is 52.9 Å². The van der Waals surface area contributed by atoms with Crippen molar-refractivity contribution < 1.29 is 14.3 Å². The average Bonchev–Trinajstić information content (AvgIpc) is 2.26. The maximum absolute atomic E-state index is 12.0. The molecule has 0 heterocycles. The summed E-state index contributed by atoms with van der Waals surface area (Å²) in [6.45, 7) is 6.08. The molecule has 0 spiro atoms. The highest BCUT2D eigenvalue weighted by Gasteiger charge is 2.33. The Morgan fingerprint density at radius 3 is 2.59 bits per heavy atom. The van der Waals surface area contributed by atoms with Gasteiger partial charge in [-0.3, -0.25) is 9.59 Å². The van der Waals surface area contributed by atoms with Crippen LogP contribution >= 0.6 is 0 Å². The lowest BCUT2D eigenvalue weighted by atomic mass is 9.72. The number of rotatable bonds is 5. The second kappa shape index (κ2) is 6.77. The Balaban J connectivity index is 2.57. The van der Waals surface area contributed by atoms with Crippen LogP contribution in [-0.2, 0) is 14.3 Å². The molecule has 0 aromatic rings. The number of ketones is 1. The monoisotopic (exact) mass is 240 g/mol. The summed E-state index contributed by atoms with van der Waals surface area (Å²) in [4.78, 5) is 22.9. The summed E-state index contributed by atoms with van der Waals surface area (Å²) in [6.07, 6.45) is 4.66. The Labute approximate surface area is 104 Å². The molecular weight excluding hydrogens is 216 g/mol. The Bertz CT molecular complexity index is 273. The van der Waals surface area contributed by atoms with Gasteiger partial charge in [0.2, 0.25) is 0 Å². The molecule has 0 saturated heterocycles. The fraction of sp³-hybridized carbons (Fsp3) is 0.857. The molecule has 3 atom stereocenters. The van der Waals surface area contributed by atoms with E-state index in [2.05, 4.69) is 6.92 Å². The second-order valence-electron chi connectivity index (χ2n) is 5.30. The molecule has 1 aliphatic carbocycles. The molecule has 0 amide bonds. The lowest BCUT2D eigenvalue weighted by Gasteiger charge is -2.33. The molecule has 3 nitrogen and oxygen atoms in total. The van der Waals surface area contributed by atoms with E-state index < -0.39 is 0 Å². The van der Waals surface area contributed by atoms with E-state index in [4.69, 9.17) is 4.74 Å². The fourth-order valence-electron chi connectivity index (χ4n) is 2.76. The number of Topliss-reactive ketones (excluding diaryl/α,β-unsaturated/α-hetero) is 1. The van der Waals surface area contributed by atoms with Gasteiger partial charge in [-0.1, -0.05) is 13.8 Å². The van der Waals surface area contributed by atoms with E-state index in [-0.39, 0.29) is 17.8 Å². The molecule has 0 aromatic heterocycles. The summed E-state index contributed by atoms with van der Waals surface area (Å²) in [7, 11) is 0. The van der Waals surface area contributed by atoms with Gasteiger partial charge in [0.1, 0.15) is 5.78 Å². The summed E-state index contributed by atoms with van der Waals surface area (Å²) in [5, 5.41) is 0. The third kappa shape index (κ3) is 4.49. The summed E-state index contributed by atoms with van der Waals surface area (Å²) in [5.41, 5.74) is 0. The number of carbonyl (C=O) groups is 2. The van der Waals surface area contributed by atoms with Gasteiger partial charge < -0.3 is 4.74 Å². The topological polar surface area (TPSA) is 43.4 Å². The molecule has 3 unspecified atom stereocenters. The second-order valence-corrected chi connectivity index (χ2v) is 5.30. The molecule has 0 radical (unpaired) electrons. The molecule has 98 valence electrons. The zero-order chi connectivity index (χ0) is 12.8. The smallest absolute Gasteiger partial charge is 0.302 e. The van der Waals surface area contributed by atoms with Crippen molar-refractivity contribution in [3.63, 3.8) is 0 Å². The Hall–Kier alpha value is -0.860. The first-order valence-electron chi connectivity index (χ1n) is 6.70. The highest BCUT2D eigenvalue weighted by Crippen LogP contribution is 2.35. The molecular formula is C14H24O3. The normalized spacial score (nSPS) is 28.8.